The van der Waals surface area contributed by atoms with Crippen molar-refractivity contribution in [3.05, 3.63) is 42.1 Å². The number of ketones is 1. The monoisotopic (exact) mass is 273 g/mol. The average molecular weight is 273 g/mol. The van der Waals surface area contributed by atoms with E-state index in [1.54, 1.807) is 12.3 Å². The van der Waals surface area contributed by atoms with E-state index in [9.17, 15) is 9.59 Å². The number of aromatic amines is 1. The first kappa shape index (κ1) is 13.9. The second kappa shape index (κ2) is 5.61. The molecule has 0 unspecified atom stereocenters. The molecule has 0 radical (unpaired) electrons. The fraction of sp³-hybridized carbons (Fsp3) is 0.200. The first-order valence-corrected chi connectivity index (χ1v) is 6.21. The smallest absolute Gasteiger partial charge is 0.328 e. The van der Waals surface area contributed by atoms with Gasteiger partial charge in [-0.25, -0.2) is 4.79 Å². The number of allylic oxidation sites excluding steroid dienone is 1. The minimum atomic E-state index is -1.16. The molecule has 2 N–H and O–H groups in total. The number of carboxylic acid groups (broad SMARTS) is 1. The fourth-order valence-corrected chi connectivity index (χ4v) is 1.93. The highest BCUT2D eigenvalue weighted by molar-refractivity contribution is 6.15. The molecule has 1 aromatic carbocycles. The van der Waals surface area contributed by atoms with E-state index >= 15 is 0 Å². The van der Waals surface area contributed by atoms with Gasteiger partial charge in [0.2, 0.25) is 0 Å². The van der Waals surface area contributed by atoms with Gasteiger partial charge in [-0.2, -0.15) is 0 Å². The lowest BCUT2D eigenvalue weighted by atomic mass is 10.1. The molecule has 5 nitrogen and oxygen atoms in total. The Morgan fingerprint density at radius 1 is 1.30 bits per heavy atom. The Balaban J connectivity index is 2.49. The summed E-state index contributed by atoms with van der Waals surface area (Å²) in [5.74, 6) is -0.930. The summed E-state index contributed by atoms with van der Waals surface area (Å²) in [6.45, 7) is 3.80. The summed E-state index contributed by atoms with van der Waals surface area (Å²) in [6.07, 6.45) is 3.41. The third-order valence-electron chi connectivity index (χ3n) is 2.67. The lowest BCUT2D eigenvalue weighted by Crippen LogP contribution is -2.06. The number of carboxylic acids is 1. The van der Waals surface area contributed by atoms with E-state index in [-0.39, 0.29) is 11.9 Å². The Morgan fingerprint density at radius 2 is 2.05 bits per heavy atom. The number of rotatable bonds is 5. The van der Waals surface area contributed by atoms with Gasteiger partial charge in [0.25, 0.3) is 0 Å². The van der Waals surface area contributed by atoms with Gasteiger partial charge in [0.1, 0.15) is 5.75 Å². The Hall–Kier alpha value is -2.56. The second-order valence-corrected chi connectivity index (χ2v) is 4.58. The van der Waals surface area contributed by atoms with Crippen LogP contribution in [0.2, 0.25) is 0 Å². The molecule has 0 amide bonds. The lowest BCUT2D eigenvalue weighted by Gasteiger charge is -2.11. The Morgan fingerprint density at radius 3 is 2.70 bits per heavy atom. The molecular formula is C15H15NO4. The molecule has 0 aliphatic heterocycles. The van der Waals surface area contributed by atoms with Gasteiger partial charge in [0.05, 0.1) is 17.1 Å². The number of aromatic nitrogens is 1. The van der Waals surface area contributed by atoms with Gasteiger partial charge in [-0.05, 0) is 32.1 Å². The van der Waals surface area contributed by atoms with Gasteiger partial charge in [0, 0.05) is 17.8 Å². The van der Waals surface area contributed by atoms with Gasteiger partial charge in [-0.3, -0.25) is 4.79 Å². The number of fused-ring (bicyclic) bond motifs is 1. The molecule has 1 heterocycles. The summed E-state index contributed by atoms with van der Waals surface area (Å²) in [7, 11) is 0. The SMILES string of the molecule is CC(C)Oc1cccc2[nH]cc(C(=O)/C=C/C(=O)O)c12. The van der Waals surface area contributed by atoms with Crippen molar-refractivity contribution in [2.75, 3.05) is 0 Å². The molecule has 0 saturated carbocycles. The van der Waals surface area contributed by atoms with Crippen molar-refractivity contribution in [1.82, 2.24) is 4.98 Å². The summed E-state index contributed by atoms with van der Waals surface area (Å²) in [6, 6.07) is 5.45. The summed E-state index contributed by atoms with van der Waals surface area (Å²) in [5, 5.41) is 9.24. The number of hydrogen-bond donors (Lipinski definition) is 2. The minimum Gasteiger partial charge on any atom is -0.490 e. The van der Waals surface area contributed by atoms with Gasteiger partial charge in [-0.1, -0.05) is 6.07 Å². The van der Waals surface area contributed by atoms with Crippen molar-refractivity contribution >= 4 is 22.7 Å². The first-order valence-electron chi connectivity index (χ1n) is 6.21. The summed E-state index contributed by atoms with van der Waals surface area (Å²) in [5.41, 5.74) is 1.17. The Bertz CT molecular complexity index is 682. The standard InChI is InChI=1S/C15H15NO4/c1-9(2)20-13-5-3-4-11-15(13)10(8-16-11)12(17)6-7-14(18)19/h3-9,16H,1-2H3,(H,18,19)/b7-6+. The van der Waals surface area contributed by atoms with E-state index in [0.29, 0.717) is 16.7 Å². The number of benzene rings is 1. The Kier molecular flexibility index (Phi) is 3.89. The molecule has 0 saturated heterocycles. The lowest BCUT2D eigenvalue weighted by molar-refractivity contribution is -0.131. The van der Waals surface area contributed by atoms with E-state index in [0.717, 1.165) is 17.7 Å². The van der Waals surface area contributed by atoms with E-state index in [2.05, 4.69) is 4.98 Å². The van der Waals surface area contributed by atoms with Gasteiger partial charge >= 0.3 is 5.97 Å². The van der Waals surface area contributed by atoms with Crippen LogP contribution in [-0.2, 0) is 4.79 Å². The van der Waals surface area contributed by atoms with Crippen LogP contribution in [0.3, 0.4) is 0 Å². The maximum Gasteiger partial charge on any atom is 0.328 e. The zero-order chi connectivity index (χ0) is 14.7. The highest BCUT2D eigenvalue weighted by atomic mass is 16.5. The zero-order valence-corrected chi connectivity index (χ0v) is 11.2. The highest BCUT2D eigenvalue weighted by Crippen LogP contribution is 2.30. The van der Waals surface area contributed by atoms with Crippen LogP contribution in [0.5, 0.6) is 5.75 Å². The summed E-state index contributed by atoms with van der Waals surface area (Å²) < 4.78 is 5.69. The second-order valence-electron chi connectivity index (χ2n) is 4.58. The van der Waals surface area contributed by atoms with E-state index in [1.165, 1.54) is 0 Å². The summed E-state index contributed by atoms with van der Waals surface area (Å²) >= 11 is 0. The molecule has 5 heteroatoms. The van der Waals surface area contributed by atoms with E-state index < -0.39 is 5.97 Å². The van der Waals surface area contributed by atoms with Crippen molar-refractivity contribution in [3.8, 4) is 5.75 Å². The molecule has 104 valence electrons. The van der Waals surface area contributed by atoms with Crippen molar-refractivity contribution in [1.29, 1.82) is 0 Å². The van der Waals surface area contributed by atoms with Gasteiger partial charge in [0.15, 0.2) is 5.78 Å². The maximum absolute atomic E-state index is 12.0. The van der Waals surface area contributed by atoms with Gasteiger partial charge < -0.3 is 14.8 Å². The Labute approximate surface area is 115 Å². The molecular weight excluding hydrogens is 258 g/mol. The predicted octanol–water partition coefficient (Wildman–Crippen LogP) is 2.78. The highest BCUT2D eigenvalue weighted by Gasteiger charge is 2.15. The molecule has 0 aliphatic carbocycles. The number of nitrogens with one attached hydrogen (secondary N) is 1. The topological polar surface area (TPSA) is 79.4 Å². The van der Waals surface area contributed by atoms with Crippen molar-refractivity contribution in [2.24, 2.45) is 0 Å². The van der Waals surface area contributed by atoms with Crippen LogP contribution >= 0.6 is 0 Å². The quantitative estimate of drug-likeness (QED) is 0.648. The van der Waals surface area contributed by atoms with Crippen LogP contribution in [0.4, 0.5) is 0 Å². The molecule has 2 aromatic rings. The fourth-order valence-electron chi connectivity index (χ4n) is 1.93. The van der Waals surface area contributed by atoms with Crippen LogP contribution < -0.4 is 4.74 Å². The van der Waals surface area contributed by atoms with Crippen LogP contribution in [-0.4, -0.2) is 27.9 Å². The molecule has 0 bridgehead atoms. The van der Waals surface area contributed by atoms with Crippen molar-refractivity contribution < 1.29 is 19.4 Å². The van der Waals surface area contributed by atoms with Gasteiger partial charge in [-0.15, -0.1) is 0 Å². The number of ether oxygens (including phenoxy) is 1. The van der Waals surface area contributed by atoms with E-state index in [1.807, 2.05) is 26.0 Å². The third-order valence-corrected chi connectivity index (χ3v) is 2.67. The van der Waals surface area contributed by atoms with Crippen LogP contribution in [0, 0.1) is 0 Å². The number of hydrogen-bond acceptors (Lipinski definition) is 3. The molecule has 20 heavy (non-hydrogen) atoms. The zero-order valence-electron chi connectivity index (χ0n) is 11.2. The molecule has 0 aliphatic rings. The molecule has 0 spiro atoms. The average Bonchev–Trinajstić information content (AvgIpc) is 2.80. The first-order chi connectivity index (χ1) is 9.49. The van der Waals surface area contributed by atoms with Crippen LogP contribution in [0.1, 0.15) is 24.2 Å². The number of H-pyrrole nitrogens is 1. The van der Waals surface area contributed by atoms with Crippen molar-refractivity contribution in [3.63, 3.8) is 0 Å². The molecule has 1 aromatic heterocycles. The number of carbonyl (C=O) groups is 2. The third kappa shape index (κ3) is 2.88. The minimum absolute atomic E-state index is 0.0204. The molecule has 2 rings (SSSR count). The maximum atomic E-state index is 12.0. The molecule has 0 fully saturated rings. The van der Waals surface area contributed by atoms with Crippen LogP contribution in [0.25, 0.3) is 10.9 Å². The molecule has 0 atom stereocenters. The number of carbonyl (C=O) groups excluding carboxylic acids is 1. The normalized spacial score (nSPS) is 11.3. The van der Waals surface area contributed by atoms with E-state index in [4.69, 9.17) is 9.84 Å². The largest absolute Gasteiger partial charge is 0.490 e. The van der Waals surface area contributed by atoms with Crippen molar-refractivity contribution in [2.45, 2.75) is 20.0 Å². The summed E-state index contributed by atoms with van der Waals surface area (Å²) in [4.78, 5) is 25.5. The number of aliphatic carboxylic acids is 1. The van der Waals surface area contributed by atoms with Crippen LogP contribution in [0.15, 0.2) is 36.5 Å². The predicted molar refractivity (Wildman–Crippen MR) is 75.2 cm³/mol.